The molecule has 88 valence electrons. The number of esters is 1. The summed E-state index contributed by atoms with van der Waals surface area (Å²) in [5.41, 5.74) is 0.0457. The van der Waals surface area contributed by atoms with E-state index in [2.05, 4.69) is 5.10 Å². The Labute approximate surface area is 98.3 Å². The van der Waals surface area contributed by atoms with Crippen LogP contribution in [0.1, 0.15) is 47.7 Å². The molecule has 1 aromatic rings. The number of carbonyl (C=O) groups excluding carboxylic acids is 2. The Morgan fingerprint density at radius 3 is 2.69 bits per heavy atom. The van der Waals surface area contributed by atoms with E-state index in [1.54, 1.807) is 6.92 Å². The van der Waals surface area contributed by atoms with Crippen molar-refractivity contribution in [1.82, 2.24) is 9.78 Å². The summed E-state index contributed by atoms with van der Waals surface area (Å²) in [5.74, 6) is -0.633. The molecule has 0 aliphatic carbocycles. The van der Waals surface area contributed by atoms with Gasteiger partial charge in [0.15, 0.2) is 12.0 Å². The first-order valence-electron chi connectivity index (χ1n) is 4.93. The maximum absolute atomic E-state index is 11.5. The molecule has 0 atom stereocenters. The Hall–Kier alpha value is -1.36. The minimum absolute atomic E-state index is 0.0319. The summed E-state index contributed by atoms with van der Waals surface area (Å²) in [4.78, 5) is 22.3. The molecule has 0 radical (unpaired) electrons. The minimum atomic E-state index is -0.633. The van der Waals surface area contributed by atoms with E-state index in [-0.39, 0.29) is 29.1 Å². The average Bonchev–Trinajstić information content (AvgIpc) is 2.55. The van der Waals surface area contributed by atoms with Crippen molar-refractivity contribution >= 4 is 23.9 Å². The van der Waals surface area contributed by atoms with Gasteiger partial charge in [-0.1, -0.05) is 11.6 Å². The molecule has 0 saturated heterocycles. The van der Waals surface area contributed by atoms with Crippen LogP contribution >= 0.6 is 11.6 Å². The van der Waals surface area contributed by atoms with E-state index in [9.17, 15) is 9.59 Å². The monoisotopic (exact) mass is 244 g/mol. The number of halogens is 1. The molecule has 1 rings (SSSR count). The van der Waals surface area contributed by atoms with Gasteiger partial charge in [-0.05, 0) is 20.8 Å². The van der Waals surface area contributed by atoms with Crippen LogP contribution in [0.15, 0.2) is 0 Å². The minimum Gasteiger partial charge on any atom is -0.461 e. The van der Waals surface area contributed by atoms with Crippen LogP contribution in [0.25, 0.3) is 0 Å². The molecule has 6 heteroatoms. The number of aromatic nitrogens is 2. The van der Waals surface area contributed by atoms with Crippen LogP contribution in [0.2, 0.25) is 5.15 Å². The molecule has 1 heterocycles. The smallest absolute Gasteiger partial charge is 0.359 e. The van der Waals surface area contributed by atoms with E-state index in [0.29, 0.717) is 6.29 Å². The van der Waals surface area contributed by atoms with Crippen molar-refractivity contribution in [2.75, 3.05) is 6.61 Å². The molecule has 0 aliphatic heterocycles. The topological polar surface area (TPSA) is 61.2 Å². The highest BCUT2D eigenvalue weighted by Crippen LogP contribution is 2.22. The van der Waals surface area contributed by atoms with Gasteiger partial charge >= 0.3 is 5.97 Å². The summed E-state index contributed by atoms with van der Waals surface area (Å²) in [7, 11) is 0. The van der Waals surface area contributed by atoms with Crippen LogP contribution < -0.4 is 0 Å². The fourth-order valence-electron chi connectivity index (χ4n) is 1.22. The largest absolute Gasteiger partial charge is 0.461 e. The summed E-state index contributed by atoms with van der Waals surface area (Å²) >= 11 is 5.93. The molecule has 0 N–H and O–H groups in total. The summed E-state index contributed by atoms with van der Waals surface area (Å²) in [6, 6.07) is -0.0330. The SMILES string of the molecule is CCOC(=O)c1nn(C(C)C)c(Cl)c1C=O. The summed E-state index contributed by atoms with van der Waals surface area (Å²) < 4.78 is 6.20. The lowest BCUT2D eigenvalue weighted by Gasteiger charge is -2.05. The van der Waals surface area contributed by atoms with Crippen LogP contribution in [0.4, 0.5) is 0 Å². The van der Waals surface area contributed by atoms with E-state index in [4.69, 9.17) is 16.3 Å². The van der Waals surface area contributed by atoms with Crippen molar-refractivity contribution in [2.45, 2.75) is 26.8 Å². The Bertz CT molecular complexity index is 412. The molecule has 0 saturated carbocycles. The third-order valence-corrected chi connectivity index (χ3v) is 2.34. The van der Waals surface area contributed by atoms with Gasteiger partial charge in [0.2, 0.25) is 0 Å². The van der Waals surface area contributed by atoms with Gasteiger partial charge in [-0.2, -0.15) is 5.10 Å². The number of nitrogens with zero attached hydrogens (tertiary/aromatic N) is 2. The lowest BCUT2D eigenvalue weighted by Crippen LogP contribution is -2.09. The fourth-order valence-corrected chi connectivity index (χ4v) is 1.59. The summed E-state index contributed by atoms with van der Waals surface area (Å²) in [5, 5.41) is 4.14. The van der Waals surface area contributed by atoms with Gasteiger partial charge in [-0.25, -0.2) is 9.48 Å². The van der Waals surface area contributed by atoms with Crippen molar-refractivity contribution in [3.05, 3.63) is 16.4 Å². The van der Waals surface area contributed by atoms with Crippen LogP contribution in [0.5, 0.6) is 0 Å². The van der Waals surface area contributed by atoms with Gasteiger partial charge < -0.3 is 4.74 Å². The predicted molar refractivity (Wildman–Crippen MR) is 59.0 cm³/mol. The quantitative estimate of drug-likeness (QED) is 0.601. The number of hydrogen-bond donors (Lipinski definition) is 0. The Balaban J connectivity index is 3.23. The molecule has 0 aromatic carbocycles. The summed E-state index contributed by atoms with van der Waals surface area (Å²) in [6.07, 6.45) is 0.514. The molecule has 5 nitrogen and oxygen atoms in total. The standard InChI is InChI=1S/C10H13ClN2O3/c1-4-16-10(15)8-7(5-14)9(11)13(12-8)6(2)3/h5-6H,4H2,1-3H3. The van der Waals surface area contributed by atoms with E-state index in [0.717, 1.165) is 0 Å². The molecule has 0 aliphatic rings. The lowest BCUT2D eigenvalue weighted by molar-refractivity contribution is 0.0516. The molecule has 0 spiro atoms. The van der Waals surface area contributed by atoms with Crippen molar-refractivity contribution < 1.29 is 14.3 Å². The fraction of sp³-hybridized carbons (Fsp3) is 0.500. The average molecular weight is 245 g/mol. The van der Waals surface area contributed by atoms with Crippen LogP contribution in [-0.4, -0.2) is 28.6 Å². The number of aldehydes is 1. The molecule has 0 bridgehead atoms. The zero-order valence-corrected chi connectivity index (χ0v) is 10.1. The van der Waals surface area contributed by atoms with E-state index in [1.165, 1.54) is 4.68 Å². The third-order valence-electron chi connectivity index (χ3n) is 1.96. The lowest BCUT2D eigenvalue weighted by atomic mass is 10.3. The molecule has 0 unspecified atom stereocenters. The Morgan fingerprint density at radius 2 is 2.25 bits per heavy atom. The first-order chi connectivity index (χ1) is 7.52. The maximum atomic E-state index is 11.5. The first-order valence-corrected chi connectivity index (χ1v) is 5.31. The Kier molecular flexibility index (Phi) is 4.06. The van der Waals surface area contributed by atoms with Crippen LogP contribution in [0, 0.1) is 0 Å². The van der Waals surface area contributed by atoms with E-state index < -0.39 is 5.97 Å². The number of carbonyl (C=O) groups is 2. The van der Waals surface area contributed by atoms with Crippen molar-refractivity contribution in [1.29, 1.82) is 0 Å². The predicted octanol–water partition coefficient (Wildman–Crippen LogP) is 2.11. The number of ether oxygens (including phenoxy) is 1. The normalized spacial score (nSPS) is 10.6. The van der Waals surface area contributed by atoms with Gasteiger partial charge in [0.1, 0.15) is 5.15 Å². The highest BCUT2D eigenvalue weighted by molar-refractivity contribution is 6.32. The van der Waals surface area contributed by atoms with E-state index in [1.807, 2.05) is 13.8 Å². The van der Waals surface area contributed by atoms with Gasteiger partial charge in [0.05, 0.1) is 12.2 Å². The van der Waals surface area contributed by atoms with Crippen LogP contribution in [-0.2, 0) is 4.74 Å². The third kappa shape index (κ3) is 2.24. The summed E-state index contributed by atoms with van der Waals surface area (Å²) in [6.45, 7) is 5.60. The second-order valence-corrected chi connectivity index (χ2v) is 3.79. The van der Waals surface area contributed by atoms with Gasteiger partial charge in [0.25, 0.3) is 0 Å². The second kappa shape index (κ2) is 5.12. The molecule has 0 fully saturated rings. The van der Waals surface area contributed by atoms with Crippen molar-refractivity contribution in [3.8, 4) is 0 Å². The van der Waals surface area contributed by atoms with Crippen LogP contribution in [0.3, 0.4) is 0 Å². The molecule has 0 amide bonds. The number of hydrogen-bond acceptors (Lipinski definition) is 4. The van der Waals surface area contributed by atoms with Gasteiger partial charge in [-0.15, -0.1) is 0 Å². The Morgan fingerprint density at radius 1 is 1.62 bits per heavy atom. The number of rotatable bonds is 4. The molecular formula is C10H13ClN2O3. The van der Waals surface area contributed by atoms with E-state index >= 15 is 0 Å². The second-order valence-electron chi connectivity index (χ2n) is 3.43. The zero-order chi connectivity index (χ0) is 12.3. The first kappa shape index (κ1) is 12.7. The molecular weight excluding hydrogens is 232 g/mol. The van der Waals surface area contributed by atoms with Crippen molar-refractivity contribution in [2.24, 2.45) is 0 Å². The van der Waals surface area contributed by atoms with Gasteiger partial charge in [0, 0.05) is 6.04 Å². The molecule has 16 heavy (non-hydrogen) atoms. The highest BCUT2D eigenvalue weighted by Gasteiger charge is 2.23. The maximum Gasteiger partial charge on any atom is 0.359 e. The van der Waals surface area contributed by atoms with Crippen molar-refractivity contribution in [3.63, 3.8) is 0 Å². The molecule has 1 aromatic heterocycles. The highest BCUT2D eigenvalue weighted by atomic mass is 35.5. The van der Waals surface area contributed by atoms with Gasteiger partial charge in [-0.3, -0.25) is 4.79 Å². The zero-order valence-electron chi connectivity index (χ0n) is 9.36.